The largest absolute Gasteiger partial charge is 0.478 e. The monoisotopic (exact) mass is 465 g/mol. The maximum absolute atomic E-state index is 11.8. The van der Waals surface area contributed by atoms with Crippen molar-refractivity contribution in [3.05, 3.63) is 77.3 Å². The van der Waals surface area contributed by atoms with Crippen LogP contribution in [-0.4, -0.2) is 45.7 Å². The Labute approximate surface area is 196 Å². The van der Waals surface area contributed by atoms with Crippen molar-refractivity contribution in [1.82, 2.24) is 15.2 Å². The van der Waals surface area contributed by atoms with E-state index in [-0.39, 0.29) is 30.0 Å². The highest BCUT2D eigenvalue weighted by Gasteiger charge is 2.41. The number of nitrogens with one attached hydrogen (secondary N) is 1. The van der Waals surface area contributed by atoms with Gasteiger partial charge in [0.15, 0.2) is 5.11 Å². The summed E-state index contributed by atoms with van der Waals surface area (Å²) < 4.78 is 11.1. The van der Waals surface area contributed by atoms with Gasteiger partial charge >= 0.3 is 11.9 Å². The number of carboxylic acids is 1. The lowest BCUT2D eigenvalue weighted by atomic mass is 10.0. The van der Waals surface area contributed by atoms with Crippen molar-refractivity contribution in [1.29, 1.82) is 0 Å². The molecule has 33 heavy (non-hydrogen) atoms. The third-order valence-corrected chi connectivity index (χ3v) is 5.99. The number of methoxy groups -OCH3 is 1. The van der Waals surface area contributed by atoms with Gasteiger partial charge in [0.2, 0.25) is 0 Å². The Morgan fingerprint density at radius 2 is 2.06 bits per heavy atom. The summed E-state index contributed by atoms with van der Waals surface area (Å²) in [6, 6.07) is 13.7. The molecular formula is C24H23N3O5S. The van der Waals surface area contributed by atoms with Gasteiger partial charge in [-0.15, -0.1) is 0 Å². The molecule has 3 aromatic rings. The average molecular weight is 466 g/mol. The lowest BCUT2D eigenvalue weighted by Gasteiger charge is -2.25. The number of carbonyl (C=O) groups is 2. The Morgan fingerprint density at radius 1 is 1.24 bits per heavy atom. The number of benzene rings is 1. The van der Waals surface area contributed by atoms with Crippen molar-refractivity contribution >= 4 is 29.3 Å². The fourth-order valence-corrected chi connectivity index (χ4v) is 4.33. The number of ether oxygens (including phenoxy) is 1. The zero-order chi connectivity index (χ0) is 23.5. The number of pyridine rings is 1. The van der Waals surface area contributed by atoms with Gasteiger partial charge in [0.25, 0.3) is 0 Å². The van der Waals surface area contributed by atoms with Gasteiger partial charge in [-0.1, -0.05) is 12.1 Å². The maximum atomic E-state index is 11.8. The molecule has 2 aromatic heterocycles. The van der Waals surface area contributed by atoms with Gasteiger partial charge in [-0.25, -0.2) is 4.79 Å². The van der Waals surface area contributed by atoms with Gasteiger partial charge in [-0.3, -0.25) is 9.78 Å². The molecule has 0 amide bonds. The van der Waals surface area contributed by atoms with E-state index in [9.17, 15) is 14.7 Å². The van der Waals surface area contributed by atoms with Gasteiger partial charge in [-0.05, 0) is 61.1 Å². The summed E-state index contributed by atoms with van der Waals surface area (Å²) in [6.07, 6.45) is 1.89. The number of nitrogens with zero attached hydrogens (tertiary/aromatic N) is 2. The zero-order valence-electron chi connectivity index (χ0n) is 18.1. The second-order valence-electron chi connectivity index (χ2n) is 7.68. The molecule has 3 heterocycles. The van der Waals surface area contributed by atoms with Gasteiger partial charge in [0, 0.05) is 18.3 Å². The number of aromatic carboxylic acids is 1. The molecule has 0 saturated carbocycles. The van der Waals surface area contributed by atoms with Crippen molar-refractivity contribution in [2.45, 2.75) is 25.4 Å². The van der Waals surface area contributed by atoms with Crippen LogP contribution in [0.3, 0.4) is 0 Å². The van der Waals surface area contributed by atoms with Crippen molar-refractivity contribution in [2.75, 3.05) is 13.7 Å². The molecular weight excluding hydrogens is 442 g/mol. The molecule has 1 aliphatic rings. The molecule has 1 aliphatic heterocycles. The standard InChI is InChI=1S/C24H23N3O5S/c1-14-13-15(23(29)30)6-7-16(14)18-8-9-19(32-18)22-21(17-5-3-4-11-25-17)26-24(33)27(22)12-10-20(28)31-2/h3-9,11,13,21-22H,10,12H2,1-2H3,(H,26,33)(H,29,30)/t21-,22-/m0/s1. The number of aryl methyl sites for hydroxylation is 1. The van der Waals surface area contributed by atoms with Gasteiger partial charge in [-0.2, -0.15) is 0 Å². The molecule has 0 spiro atoms. The molecule has 1 saturated heterocycles. The summed E-state index contributed by atoms with van der Waals surface area (Å²) in [5, 5.41) is 13.0. The smallest absolute Gasteiger partial charge is 0.335 e. The first kappa shape index (κ1) is 22.5. The lowest BCUT2D eigenvalue weighted by Crippen LogP contribution is -2.31. The van der Waals surface area contributed by atoms with Crippen LogP contribution in [0.5, 0.6) is 0 Å². The Hall–Kier alpha value is -3.72. The van der Waals surface area contributed by atoms with Crippen molar-refractivity contribution in [2.24, 2.45) is 0 Å². The third-order valence-electron chi connectivity index (χ3n) is 5.64. The minimum atomic E-state index is -0.977. The predicted molar refractivity (Wildman–Crippen MR) is 125 cm³/mol. The van der Waals surface area contributed by atoms with Crippen LogP contribution in [0.25, 0.3) is 11.3 Å². The molecule has 0 aliphatic carbocycles. The van der Waals surface area contributed by atoms with Crippen LogP contribution in [-0.2, 0) is 9.53 Å². The van der Waals surface area contributed by atoms with E-state index in [1.165, 1.54) is 7.11 Å². The molecule has 170 valence electrons. The second kappa shape index (κ2) is 9.41. The van der Waals surface area contributed by atoms with Crippen LogP contribution in [0.4, 0.5) is 0 Å². The lowest BCUT2D eigenvalue weighted by molar-refractivity contribution is -0.140. The number of hydrogen-bond acceptors (Lipinski definition) is 6. The van der Waals surface area contributed by atoms with E-state index in [0.717, 1.165) is 16.8 Å². The number of hydrogen-bond donors (Lipinski definition) is 2. The highest BCUT2D eigenvalue weighted by molar-refractivity contribution is 7.80. The Kier molecular flexibility index (Phi) is 6.41. The minimum Gasteiger partial charge on any atom is -0.478 e. The van der Waals surface area contributed by atoms with E-state index >= 15 is 0 Å². The SMILES string of the molecule is COC(=O)CCN1C(=S)N[C@@H](c2ccccn2)[C@@H]1c1ccc(-c2ccc(C(=O)O)cc2C)o1. The molecule has 0 radical (unpaired) electrons. The highest BCUT2D eigenvalue weighted by atomic mass is 32.1. The molecule has 8 nitrogen and oxygen atoms in total. The second-order valence-corrected chi connectivity index (χ2v) is 8.07. The summed E-state index contributed by atoms with van der Waals surface area (Å²) in [7, 11) is 1.35. The van der Waals surface area contributed by atoms with Crippen LogP contribution in [0.2, 0.25) is 0 Å². The van der Waals surface area contributed by atoms with Crippen molar-refractivity contribution < 1.29 is 23.8 Å². The van der Waals surface area contributed by atoms with E-state index in [1.807, 2.05) is 42.2 Å². The molecule has 4 rings (SSSR count). The van der Waals surface area contributed by atoms with Crippen LogP contribution >= 0.6 is 12.2 Å². The van der Waals surface area contributed by atoms with E-state index in [1.54, 1.807) is 24.4 Å². The number of carboxylic acid groups (broad SMARTS) is 1. The fourth-order valence-electron chi connectivity index (χ4n) is 4.00. The van der Waals surface area contributed by atoms with E-state index in [0.29, 0.717) is 23.2 Å². The first-order valence-electron chi connectivity index (χ1n) is 10.4. The predicted octanol–water partition coefficient (Wildman–Crippen LogP) is 3.88. The van der Waals surface area contributed by atoms with Gasteiger partial charge in [0.05, 0.1) is 30.8 Å². The minimum absolute atomic E-state index is 0.174. The Bertz CT molecular complexity index is 1190. The van der Waals surface area contributed by atoms with E-state index in [4.69, 9.17) is 21.4 Å². The first-order valence-corrected chi connectivity index (χ1v) is 10.8. The molecule has 2 N–H and O–H groups in total. The summed E-state index contributed by atoms with van der Waals surface area (Å²) in [4.78, 5) is 29.4. The number of rotatable bonds is 7. The highest BCUT2D eigenvalue weighted by Crippen LogP contribution is 2.40. The van der Waals surface area contributed by atoms with Crippen LogP contribution < -0.4 is 5.32 Å². The summed E-state index contributed by atoms with van der Waals surface area (Å²) in [6.45, 7) is 2.20. The normalized spacial score (nSPS) is 17.6. The first-order chi connectivity index (χ1) is 15.9. The number of furan rings is 1. The van der Waals surface area contributed by atoms with Crippen LogP contribution in [0.15, 0.2) is 59.1 Å². The Balaban J connectivity index is 1.70. The average Bonchev–Trinajstić information content (AvgIpc) is 3.42. The maximum Gasteiger partial charge on any atom is 0.335 e. The van der Waals surface area contributed by atoms with Gasteiger partial charge in [0.1, 0.15) is 17.6 Å². The molecule has 2 atom stereocenters. The zero-order valence-corrected chi connectivity index (χ0v) is 19.0. The number of carbonyl (C=O) groups excluding carboxylic acids is 1. The van der Waals surface area contributed by atoms with Crippen LogP contribution in [0, 0.1) is 6.92 Å². The topological polar surface area (TPSA) is 105 Å². The number of thiocarbonyl (C=S) groups is 1. The van der Waals surface area contributed by atoms with Crippen LogP contribution in [0.1, 0.15) is 45.9 Å². The fraction of sp³-hybridized carbons (Fsp3) is 0.250. The number of esters is 1. The van der Waals surface area contributed by atoms with E-state index in [2.05, 4.69) is 10.3 Å². The molecule has 0 bridgehead atoms. The summed E-state index contributed by atoms with van der Waals surface area (Å²) >= 11 is 5.58. The molecule has 1 fully saturated rings. The van der Waals surface area contributed by atoms with E-state index < -0.39 is 5.97 Å². The van der Waals surface area contributed by atoms with Crippen molar-refractivity contribution in [3.63, 3.8) is 0 Å². The quantitative estimate of drug-likeness (QED) is 0.397. The molecule has 0 unspecified atom stereocenters. The van der Waals surface area contributed by atoms with Gasteiger partial charge < -0.3 is 24.5 Å². The number of aromatic nitrogens is 1. The Morgan fingerprint density at radius 3 is 2.73 bits per heavy atom. The molecule has 1 aromatic carbocycles. The summed E-state index contributed by atoms with van der Waals surface area (Å²) in [5.74, 6) is -0.0357. The summed E-state index contributed by atoms with van der Waals surface area (Å²) in [5.41, 5.74) is 2.61. The molecule has 9 heteroatoms. The van der Waals surface area contributed by atoms with Crippen molar-refractivity contribution in [3.8, 4) is 11.3 Å². The third kappa shape index (κ3) is 4.58.